The fraction of sp³-hybridized carbons (Fsp3) is 0.500. The van der Waals surface area contributed by atoms with Crippen molar-refractivity contribution >= 4 is 34.0 Å². The lowest BCUT2D eigenvalue weighted by atomic mass is 10.8. The molecule has 0 aromatic rings. The van der Waals surface area contributed by atoms with Crippen molar-refractivity contribution in [2.75, 3.05) is 5.75 Å². The maximum absolute atomic E-state index is 12.2. The number of alkyl halides is 3. The van der Waals surface area contributed by atoms with Crippen molar-refractivity contribution in [2.45, 2.75) is 3.92 Å². The van der Waals surface area contributed by atoms with E-state index in [2.05, 4.69) is 6.58 Å². The van der Waals surface area contributed by atoms with E-state index in [9.17, 15) is 8.60 Å². The van der Waals surface area contributed by atoms with Gasteiger partial charge in [-0.05, 0) is 0 Å². The Labute approximate surface area is 65.3 Å². The Bertz CT molecular complexity index is 131. The van der Waals surface area contributed by atoms with E-state index in [1.165, 1.54) is 6.08 Å². The predicted octanol–water partition coefficient (Wildman–Crippen LogP) is 1.98. The SMILES string of the molecule is C=CCS(=O)C(F)(Cl)Cl. The fourth-order valence-corrected chi connectivity index (χ4v) is 0.983. The van der Waals surface area contributed by atoms with Gasteiger partial charge in [-0.25, -0.2) is 0 Å². The molecule has 0 aromatic carbocycles. The highest BCUT2D eigenvalue weighted by atomic mass is 35.5. The Hall–Kier alpha value is 0.400. The van der Waals surface area contributed by atoms with Crippen molar-refractivity contribution in [1.29, 1.82) is 0 Å². The van der Waals surface area contributed by atoms with Gasteiger partial charge >= 0.3 is 3.92 Å². The van der Waals surface area contributed by atoms with Crippen molar-refractivity contribution < 1.29 is 8.60 Å². The summed E-state index contributed by atoms with van der Waals surface area (Å²) in [5, 5.41) is 0. The van der Waals surface area contributed by atoms with Crippen molar-refractivity contribution in [3.63, 3.8) is 0 Å². The highest BCUT2D eigenvalue weighted by molar-refractivity contribution is 7.89. The first-order chi connectivity index (χ1) is 3.98. The van der Waals surface area contributed by atoms with E-state index in [-0.39, 0.29) is 5.75 Å². The molecule has 0 amide bonds. The van der Waals surface area contributed by atoms with E-state index < -0.39 is 14.7 Å². The van der Waals surface area contributed by atoms with Crippen LogP contribution >= 0.6 is 23.2 Å². The molecule has 9 heavy (non-hydrogen) atoms. The Balaban J connectivity index is 3.88. The molecule has 0 aliphatic carbocycles. The first-order valence-electron chi connectivity index (χ1n) is 2.04. The average molecular weight is 191 g/mol. The summed E-state index contributed by atoms with van der Waals surface area (Å²) < 4.78 is 20.0. The van der Waals surface area contributed by atoms with Crippen LogP contribution in [0.25, 0.3) is 0 Å². The van der Waals surface area contributed by atoms with Crippen molar-refractivity contribution in [3.8, 4) is 0 Å². The summed E-state index contributed by atoms with van der Waals surface area (Å²) in [7, 11) is -1.89. The molecule has 0 aromatic heterocycles. The molecule has 0 saturated heterocycles. The lowest BCUT2D eigenvalue weighted by molar-refractivity contribution is 0.498. The van der Waals surface area contributed by atoms with Gasteiger partial charge in [0, 0.05) is 5.75 Å². The zero-order valence-corrected chi connectivity index (χ0v) is 6.77. The maximum atomic E-state index is 12.2. The second-order valence-corrected chi connectivity index (χ2v) is 4.52. The molecule has 1 nitrogen and oxygen atoms in total. The van der Waals surface area contributed by atoms with Crippen molar-refractivity contribution in [2.24, 2.45) is 0 Å². The molecule has 0 heterocycles. The molecule has 0 N–H and O–H groups in total. The quantitative estimate of drug-likeness (QED) is 0.492. The lowest BCUT2D eigenvalue weighted by Crippen LogP contribution is -2.14. The summed E-state index contributed by atoms with van der Waals surface area (Å²) in [6.07, 6.45) is 1.29. The van der Waals surface area contributed by atoms with Crippen LogP contribution in [0.2, 0.25) is 0 Å². The van der Waals surface area contributed by atoms with E-state index in [1.54, 1.807) is 0 Å². The molecule has 5 heteroatoms. The van der Waals surface area contributed by atoms with Crippen LogP contribution in [0.1, 0.15) is 0 Å². The third-order valence-corrected chi connectivity index (χ3v) is 2.61. The van der Waals surface area contributed by atoms with Crippen LogP contribution in [-0.2, 0) is 10.8 Å². The van der Waals surface area contributed by atoms with Gasteiger partial charge in [0.1, 0.15) is 0 Å². The molecule has 0 spiro atoms. The highest BCUT2D eigenvalue weighted by Gasteiger charge is 2.29. The zero-order chi connectivity index (χ0) is 7.49. The van der Waals surface area contributed by atoms with Gasteiger partial charge in [-0.3, -0.25) is 4.21 Å². The molecular formula is C4H5Cl2FOS. The number of rotatable bonds is 3. The standard InChI is InChI=1S/C4H5Cl2FOS/c1-2-3-9(8)4(5,6)7/h2H,1,3H2. The minimum absolute atomic E-state index is 0.0382. The van der Waals surface area contributed by atoms with Gasteiger partial charge in [-0.15, -0.1) is 6.58 Å². The Morgan fingerprint density at radius 1 is 1.78 bits per heavy atom. The van der Waals surface area contributed by atoms with E-state index in [0.717, 1.165) is 0 Å². The molecule has 54 valence electrons. The Morgan fingerprint density at radius 3 is 2.33 bits per heavy atom. The summed E-state index contributed by atoms with van der Waals surface area (Å²) in [6, 6.07) is 0. The van der Waals surface area contributed by atoms with Gasteiger partial charge in [-0.2, -0.15) is 4.39 Å². The Kier molecular flexibility index (Phi) is 3.70. The molecule has 1 unspecified atom stereocenters. The average Bonchev–Trinajstić information content (AvgIpc) is 1.64. The molecule has 0 saturated carbocycles. The van der Waals surface area contributed by atoms with Gasteiger partial charge in [0.05, 0.1) is 10.8 Å². The van der Waals surface area contributed by atoms with Gasteiger partial charge in [0.2, 0.25) is 0 Å². The minimum atomic E-state index is -2.64. The smallest absolute Gasteiger partial charge is 0.253 e. The number of hydrogen-bond acceptors (Lipinski definition) is 1. The third kappa shape index (κ3) is 3.89. The van der Waals surface area contributed by atoms with Crippen molar-refractivity contribution in [3.05, 3.63) is 12.7 Å². The Morgan fingerprint density at radius 2 is 2.22 bits per heavy atom. The van der Waals surface area contributed by atoms with Crippen LogP contribution < -0.4 is 0 Å². The largest absolute Gasteiger partial charge is 0.332 e. The fourth-order valence-electron chi connectivity index (χ4n) is 0.202. The topological polar surface area (TPSA) is 17.1 Å². The molecule has 0 fully saturated rings. The van der Waals surface area contributed by atoms with Crippen molar-refractivity contribution in [1.82, 2.24) is 0 Å². The van der Waals surface area contributed by atoms with Crippen LogP contribution in [0, 0.1) is 0 Å². The van der Waals surface area contributed by atoms with E-state index in [1.807, 2.05) is 0 Å². The molecular weight excluding hydrogens is 186 g/mol. The van der Waals surface area contributed by atoms with Gasteiger partial charge in [0.15, 0.2) is 0 Å². The van der Waals surface area contributed by atoms with Crippen LogP contribution in [0.15, 0.2) is 12.7 Å². The van der Waals surface area contributed by atoms with Crippen LogP contribution in [-0.4, -0.2) is 13.9 Å². The van der Waals surface area contributed by atoms with Gasteiger partial charge < -0.3 is 0 Å². The lowest BCUT2D eigenvalue weighted by Gasteiger charge is -2.04. The molecule has 0 rings (SSSR count). The third-order valence-electron chi connectivity index (χ3n) is 0.527. The normalized spacial score (nSPS) is 15.0. The molecule has 0 bridgehead atoms. The first kappa shape index (κ1) is 9.40. The van der Waals surface area contributed by atoms with E-state index >= 15 is 0 Å². The van der Waals surface area contributed by atoms with Crippen LogP contribution in [0.5, 0.6) is 0 Å². The van der Waals surface area contributed by atoms with Crippen LogP contribution in [0.3, 0.4) is 0 Å². The maximum Gasteiger partial charge on any atom is 0.332 e. The van der Waals surface area contributed by atoms with E-state index in [4.69, 9.17) is 23.2 Å². The molecule has 0 aliphatic rings. The summed E-state index contributed by atoms with van der Waals surface area (Å²) in [6.45, 7) is 3.24. The summed E-state index contributed by atoms with van der Waals surface area (Å²) in [5.41, 5.74) is 0. The molecule has 0 aliphatic heterocycles. The molecule has 0 radical (unpaired) electrons. The van der Waals surface area contributed by atoms with Crippen LogP contribution in [0.4, 0.5) is 4.39 Å². The first-order valence-corrected chi connectivity index (χ1v) is 4.12. The second kappa shape index (κ2) is 3.54. The summed E-state index contributed by atoms with van der Waals surface area (Å²) in [5.74, 6) is -0.0382. The van der Waals surface area contributed by atoms with Gasteiger partial charge in [0.25, 0.3) is 0 Å². The summed E-state index contributed by atoms with van der Waals surface area (Å²) in [4.78, 5) is 0. The minimum Gasteiger partial charge on any atom is -0.253 e. The molecule has 1 atom stereocenters. The zero-order valence-electron chi connectivity index (χ0n) is 4.44. The van der Waals surface area contributed by atoms with E-state index in [0.29, 0.717) is 0 Å². The predicted molar refractivity (Wildman–Crippen MR) is 38.8 cm³/mol. The number of hydrogen-bond donors (Lipinski definition) is 0. The van der Waals surface area contributed by atoms with Gasteiger partial charge in [-0.1, -0.05) is 29.3 Å². The second-order valence-electron chi connectivity index (χ2n) is 1.25. The monoisotopic (exact) mass is 190 g/mol. The summed E-state index contributed by atoms with van der Waals surface area (Å²) >= 11 is 9.63. The highest BCUT2D eigenvalue weighted by Crippen LogP contribution is 2.26. The number of halogens is 3.